The molecule has 0 radical (unpaired) electrons. The minimum Gasteiger partial charge on any atom is -0.378 e. The normalized spacial score (nSPS) is 15.7. The summed E-state index contributed by atoms with van der Waals surface area (Å²) in [6, 6.07) is 4.92. The van der Waals surface area contributed by atoms with Gasteiger partial charge in [0.1, 0.15) is 11.4 Å². The van der Waals surface area contributed by atoms with Crippen molar-refractivity contribution in [2.24, 2.45) is 0 Å². The molecule has 0 spiro atoms. The van der Waals surface area contributed by atoms with Crippen LogP contribution in [0.1, 0.15) is 41.7 Å². The first kappa shape index (κ1) is 15.4. The molecule has 1 aliphatic heterocycles. The molecule has 6 heteroatoms. The number of rotatable bonds is 2. The standard InChI is InChI=1S/C15H21N3O3/c1-15(2,3)17-13(19)11-5-4-6-12(16-11)14(20)18-7-9-21-10-8-18/h4-6H,7-10H2,1-3H3,(H,17,19). The number of amides is 2. The van der Waals surface area contributed by atoms with E-state index in [9.17, 15) is 9.59 Å². The first-order chi connectivity index (χ1) is 9.87. The lowest BCUT2D eigenvalue weighted by Gasteiger charge is -2.26. The largest absolute Gasteiger partial charge is 0.378 e. The maximum absolute atomic E-state index is 12.3. The summed E-state index contributed by atoms with van der Waals surface area (Å²) in [7, 11) is 0. The Kier molecular flexibility index (Phi) is 4.57. The van der Waals surface area contributed by atoms with Crippen LogP contribution in [0.4, 0.5) is 0 Å². The van der Waals surface area contributed by atoms with Gasteiger partial charge in [-0.1, -0.05) is 6.07 Å². The van der Waals surface area contributed by atoms with Crippen molar-refractivity contribution in [2.75, 3.05) is 26.3 Å². The highest BCUT2D eigenvalue weighted by Gasteiger charge is 2.21. The summed E-state index contributed by atoms with van der Waals surface area (Å²) in [5.74, 6) is -0.442. The van der Waals surface area contributed by atoms with Gasteiger partial charge in [0.05, 0.1) is 13.2 Å². The quantitative estimate of drug-likeness (QED) is 0.885. The molecule has 0 atom stereocenters. The fourth-order valence-corrected chi connectivity index (χ4v) is 2.01. The summed E-state index contributed by atoms with van der Waals surface area (Å²) >= 11 is 0. The zero-order valence-electron chi connectivity index (χ0n) is 12.7. The number of carbonyl (C=O) groups excluding carboxylic acids is 2. The SMILES string of the molecule is CC(C)(C)NC(=O)c1cccc(C(=O)N2CCOCC2)n1. The molecule has 1 aromatic rings. The fraction of sp³-hybridized carbons (Fsp3) is 0.533. The van der Waals surface area contributed by atoms with E-state index in [1.807, 2.05) is 20.8 Å². The van der Waals surface area contributed by atoms with Crippen LogP contribution in [0.3, 0.4) is 0 Å². The van der Waals surface area contributed by atoms with E-state index >= 15 is 0 Å². The number of hydrogen-bond acceptors (Lipinski definition) is 4. The number of aromatic nitrogens is 1. The molecule has 6 nitrogen and oxygen atoms in total. The van der Waals surface area contributed by atoms with Crippen LogP contribution in [0, 0.1) is 0 Å². The van der Waals surface area contributed by atoms with E-state index in [0.29, 0.717) is 32.0 Å². The number of pyridine rings is 1. The summed E-state index contributed by atoms with van der Waals surface area (Å²) in [5, 5.41) is 2.83. The van der Waals surface area contributed by atoms with E-state index in [2.05, 4.69) is 10.3 Å². The molecule has 0 aliphatic carbocycles. The molecule has 1 saturated heterocycles. The van der Waals surface area contributed by atoms with Crippen molar-refractivity contribution >= 4 is 11.8 Å². The molecule has 21 heavy (non-hydrogen) atoms. The van der Waals surface area contributed by atoms with Gasteiger partial charge in [0.2, 0.25) is 0 Å². The predicted octanol–water partition coefficient (Wildman–Crippen LogP) is 1.08. The Balaban J connectivity index is 2.13. The third-order valence-corrected chi connectivity index (χ3v) is 2.99. The molecule has 2 amide bonds. The van der Waals surface area contributed by atoms with Crippen LogP contribution in [0.15, 0.2) is 18.2 Å². The van der Waals surface area contributed by atoms with Gasteiger partial charge >= 0.3 is 0 Å². The Morgan fingerprint density at radius 1 is 1.19 bits per heavy atom. The Hall–Kier alpha value is -1.95. The monoisotopic (exact) mass is 291 g/mol. The Bertz CT molecular complexity index is 531. The topological polar surface area (TPSA) is 71.5 Å². The highest BCUT2D eigenvalue weighted by molar-refractivity contribution is 5.96. The Labute approximate surface area is 124 Å². The van der Waals surface area contributed by atoms with Crippen molar-refractivity contribution < 1.29 is 14.3 Å². The molecule has 0 unspecified atom stereocenters. The van der Waals surface area contributed by atoms with Gasteiger partial charge in [-0.2, -0.15) is 0 Å². The average molecular weight is 291 g/mol. The van der Waals surface area contributed by atoms with Crippen LogP contribution < -0.4 is 5.32 Å². The lowest BCUT2D eigenvalue weighted by atomic mass is 10.1. The van der Waals surface area contributed by atoms with Crippen molar-refractivity contribution in [3.05, 3.63) is 29.6 Å². The van der Waals surface area contributed by atoms with Crippen molar-refractivity contribution in [3.8, 4) is 0 Å². The van der Waals surface area contributed by atoms with E-state index in [-0.39, 0.29) is 23.0 Å². The van der Waals surface area contributed by atoms with Crippen LogP contribution in [0.2, 0.25) is 0 Å². The predicted molar refractivity (Wildman–Crippen MR) is 78.2 cm³/mol. The molecule has 1 N–H and O–H groups in total. The molecular weight excluding hydrogens is 270 g/mol. The van der Waals surface area contributed by atoms with Gasteiger partial charge in [-0.3, -0.25) is 9.59 Å². The fourth-order valence-electron chi connectivity index (χ4n) is 2.01. The summed E-state index contributed by atoms with van der Waals surface area (Å²) in [4.78, 5) is 30.3. The number of hydrogen-bond donors (Lipinski definition) is 1. The van der Waals surface area contributed by atoms with Gasteiger partial charge in [-0.05, 0) is 32.9 Å². The second kappa shape index (κ2) is 6.22. The number of nitrogens with zero attached hydrogens (tertiary/aromatic N) is 2. The van der Waals surface area contributed by atoms with Crippen LogP contribution in [-0.2, 0) is 4.74 Å². The Morgan fingerprint density at radius 3 is 2.43 bits per heavy atom. The number of morpholine rings is 1. The molecule has 0 aromatic carbocycles. The first-order valence-electron chi connectivity index (χ1n) is 7.03. The van der Waals surface area contributed by atoms with Crippen molar-refractivity contribution in [3.63, 3.8) is 0 Å². The first-order valence-corrected chi connectivity index (χ1v) is 7.03. The number of nitrogens with one attached hydrogen (secondary N) is 1. The Morgan fingerprint density at radius 2 is 1.81 bits per heavy atom. The van der Waals surface area contributed by atoms with E-state index in [1.165, 1.54) is 0 Å². The lowest BCUT2D eigenvalue weighted by Crippen LogP contribution is -2.42. The van der Waals surface area contributed by atoms with Crippen LogP contribution in [-0.4, -0.2) is 53.5 Å². The molecule has 2 heterocycles. The van der Waals surface area contributed by atoms with Gasteiger partial charge in [0.25, 0.3) is 11.8 Å². The minimum absolute atomic E-state index is 0.163. The summed E-state index contributed by atoms with van der Waals surface area (Å²) in [5.41, 5.74) is 0.200. The van der Waals surface area contributed by atoms with E-state index in [4.69, 9.17) is 4.74 Å². The average Bonchev–Trinajstić information content (AvgIpc) is 2.46. The molecule has 0 bridgehead atoms. The highest BCUT2D eigenvalue weighted by Crippen LogP contribution is 2.08. The second-order valence-corrected chi connectivity index (χ2v) is 6.02. The summed E-state index contributed by atoms with van der Waals surface area (Å²) in [6.07, 6.45) is 0. The molecular formula is C15H21N3O3. The second-order valence-electron chi connectivity index (χ2n) is 6.02. The van der Waals surface area contributed by atoms with E-state index < -0.39 is 0 Å². The maximum Gasteiger partial charge on any atom is 0.272 e. The van der Waals surface area contributed by atoms with Crippen molar-refractivity contribution in [1.29, 1.82) is 0 Å². The third kappa shape index (κ3) is 4.26. The van der Waals surface area contributed by atoms with Gasteiger partial charge in [-0.25, -0.2) is 4.98 Å². The highest BCUT2D eigenvalue weighted by atomic mass is 16.5. The number of ether oxygens (including phenoxy) is 1. The zero-order valence-corrected chi connectivity index (χ0v) is 12.7. The third-order valence-electron chi connectivity index (χ3n) is 2.99. The molecule has 1 aliphatic rings. The van der Waals surface area contributed by atoms with E-state index in [0.717, 1.165) is 0 Å². The van der Waals surface area contributed by atoms with E-state index in [1.54, 1.807) is 23.1 Å². The van der Waals surface area contributed by atoms with Gasteiger partial charge in [0, 0.05) is 18.6 Å². The molecule has 1 aromatic heterocycles. The molecule has 114 valence electrons. The van der Waals surface area contributed by atoms with Gasteiger partial charge < -0.3 is 15.0 Å². The van der Waals surface area contributed by atoms with Crippen LogP contribution in [0.5, 0.6) is 0 Å². The lowest BCUT2D eigenvalue weighted by molar-refractivity contribution is 0.0299. The van der Waals surface area contributed by atoms with Crippen molar-refractivity contribution in [2.45, 2.75) is 26.3 Å². The van der Waals surface area contributed by atoms with Gasteiger partial charge in [-0.15, -0.1) is 0 Å². The van der Waals surface area contributed by atoms with Gasteiger partial charge in [0.15, 0.2) is 0 Å². The van der Waals surface area contributed by atoms with Crippen LogP contribution >= 0.6 is 0 Å². The molecule has 1 fully saturated rings. The minimum atomic E-state index is -0.344. The zero-order chi connectivity index (χ0) is 15.5. The molecule has 0 saturated carbocycles. The molecule has 2 rings (SSSR count). The smallest absolute Gasteiger partial charge is 0.272 e. The van der Waals surface area contributed by atoms with Crippen molar-refractivity contribution in [1.82, 2.24) is 15.2 Å². The maximum atomic E-state index is 12.3. The van der Waals surface area contributed by atoms with Crippen LogP contribution in [0.25, 0.3) is 0 Å². The summed E-state index contributed by atoms with van der Waals surface area (Å²) in [6.45, 7) is 7.87. The number of carbonyl (C=O) groups is 2. The summed E-state index contributed by atoms with van der Waals surface area (Å²) < 4.78 is 5.22.